The van der Waals surface area contributed by atoms with Crippen LogP contribution in [-0.2, 0) is 17.6 Å². The van der Waals surface area contributed by atoms with Gasteiger partial charge in [0.2, 0.25) is 0 Å². The first-order valence-electron chi connectivity index (χ1n) is 10.5. The molecule has 0 saturated heterocycles. The van der Waals surface area contributed by atoms with Gasteiger partial charge in [-0.25, -0.2) is 0 Å². The van der Waals surface area contributed by atoms with Gasteiger partial charge < -0.3 is 0 Å². The van der Waals surface area contributed by atoms with E-state index >= 15 is 0 Å². The van der Waals surface area contributed by atoms with E-state index in [4.69, 9.17) is 8.83 Å². The van der Waals surface area contributed by atoms with E-state index in [0.29, 0.717) is 18.7 Å². The second kappa shape index (κ2) is 9.73. The molecule has 0 bridgehead atoms. The zero-order chi connectivity index (χ0) is 21.8. The third kappa shape index (κ3) is 5.21. The average molecular weight is 522 g/mol. The Labute approximate surface area is 191 Å². The number of fused-ring (bicyclic) bond motifs is 1. The molecule has 2 aromatic carbocycles. The molecule has 1 unspecified atom stereocenters. The van der Waals surface area contributed by atoms with Gasteiger partial charge in [-0.15, -0.1) is 0 Å². The number of aromatic nitrogens is 1. The molecule has 5 nitrogen and oxygen atoms in total. The maximum atomic E-state index is 11.6. The zero-order valence-corrected chi connectivity index (χ0v) is 20.6. The second-order valence-corrected chi connectivity index (χ2v) is 12.3. The van der Waals surface area contributed by atoms with Gasteiger partial charge in [-0.05, 0) is 12.1 Å². The van der Waals surface area contributed by atoms with Crippen molar-refractivity contribution >= 4 is 38.1 Å². The summed E-state index contributed by atoms with van der Waals surface area (Å²) in [5.74, 6) is 1.57. The van der Waals surface area contributed by atoms with Gasteiger partial charge in [0.05, 0.1) is 0 Å². The fourth-order valence-electron chi connectivity index (χ4n) is 3.62. The van der Waals surface area contributed by atoms with Crippen molar-refractivity contribution in [2.75, 3.05) is 0 Å². The van der Waals surface area contributed by atoms with Crippen molar-refractivity contribution in [1.82, 2.24) is 4.98 Å². The molecule has 0 aliphatic carbocycles. The summed E-state index contributed by atoms with van der Waals surface area (Å²) in [6.07, 6.45) is 2.24. The Hall–Kier alpha value is -2.54. The Morgan fingerprint density at radius 2 is 1.94 bits per heavy atom. The van der Waals surface area contributed by atoms with Crippen LogP contribution in [0.2, 0.25) is 8.37 Å². The zero-order valence-electron chi connectivity index (χ0n) is 17.7. The third-order valence-electron chi connectivity index (χ3n) is 5.27. The number of hydrogen-bond donors (Lipinski definition) is 1. The van der Waals surface area contributed by atoms with Crippen LogP contribution < -0.4 is 0 Å². The minimum atomic E-state index is -0.914. The maximum absolute atomic E-state index is 11.6. The number of carboxylic acids is 1. The van der Waals surface area contributed by atoms with Crippen LogP contribution in [0.25, 0.3) is 22.4 Å². The molecule has 1 N–H and O–H groups in total. The molecule has 2 aromatic heterocycles. The average Bonchev–Trinajstić information content (AvgIpc) is 3.34. The van der Waals surface area contributed by atoms with E-state index in [1.807, 2.05) is 55.5 Å². The molecular weight excluding hydrogens is 497 g/mol. The van der Waals surface area contributed by atoms with E-state index in [9.17, 15) is 9.90 Å². The van der Waals surface area contributed by atoms with Gasteiger partial charge >= 0.3 is 162 Å². The summed E-state index contributed by atoms with van der Waals surface area (Å²) in [5, 5.41) is 10.6. The van der Waals surface area contributed by atoms with Crippen LogP contribution in [0.1, 0.15) is 36.1 Å². The first-order chi connectivity index (χ1) is 15.0. The first kappa shape index (κ1) is 21.7. The number of carbonyl (C=O) groups is 1. The van der Waals surface area contributed by atoms with Crippen LogP contribution in [0.15, 0.2) is 63.4 Å². The number of hydrogen-bond acceptors (Lipinski definition) is 4. The van der Waals surface area contributed by atoms with Crippen LogP contribution in [0.5, 0.6) is 0 Å². The predicted octanol–water partition coefficient (Wildman–Crippen LogP) is 5.94. The van der Waals surface area contributed by atoms with E-state index in [1.54, 1.807) is 0 Å². The molecule has 0 aliphatic rings. The molecule has 0 spiro atoms. The Morgan fingerprint density at radius 3 is 2.68 bits per heavy atom. The standard InChI is InChI=1S/C22H18NO4.C3H7.Sn/c1-14-19(23-22(26-14)16-5-3-2-4-6-16)13-18-12-17-11-15(8-10-21(24)25)7-9-20(17)27-18;1-3-2;/h2-7,9-12H,8,13H2,1H3,(H,24,25);1,3H2,2H3;/q;;+2. The summed E-state index contributed by atoms with van der Waals surface area (Å²) in [6, 6.07) is 17.9. The van der Waals surface area contributed by atoms with Gasteiger partial charge in [0.15, 0.2) is 0 Å². The molecule has 31 heavy (non-hydrogen) atoms. The van der Waals surface area contributed by atoms with Crippen LogP contribution >= 0.6 is 0 Å². The van der Waals surface area contributed by atoms with Crippen LogP contribution in [0.3, 0.4) is 0 Å². The van der Waals surface area contributed by atoms with Gasteiger partial charge in [-0.1, -0.05) is 18.2 Å². The number of aliphatic carboxylic acids is 1. The Morgan fingerprint density at radius 1 is 1.13 bits per heavy atom. The van der Waals surface area contributed by atoms with Gasteiger partial charge in [-0.3, -0.25) is 0 Å². The summed E-state index contributed by atoms with van der Waals surface area (Å²) in [6.45, 7) is 4.04. The van der Waals surface area contributed by atoms with Crippen molar-refractivity contribution in [3.63, 3.8) is 0 Å². The summed E-state index contributed by atoms with van der Waals surface area (Å²) in [4.78, 5) is 16.3. The summed E-state index contributed by atoms with van der Waals surface area (Å²) in [5.41, 5.74) is 3.68. The third-order valence-corrected chi connectivity index (χ3v) is 10.2. The van der Waals surface area contributed by atoms with E-state index in [0.717, 1.165) is 50.2 Å². The van der Waals surface area contributed by atoms with Crippen molar-refractivity contribution < 1.29 is 18.7 Å². The van der Waals surface area contributed by atoms with Crippen molar-refractivity contribution in [1.29, 1.82) is 0 Å². The van der Waals surface area contributed by atoms with Crippen LogP contribution in [-0.4, -0.2) is 37.2 Å². The number of benzene rings is 2. The van der Waals surface area contributed by atoms with Crippen molar-refractivity contribution in [3.05, 3.63) is 77.4 Å². The van der Waals surface area contributed by atoms with Crippen LogP contribution in [0.4, 0.5) is 0 Å². The molecule has 156 valence electrons. The topological polar surface area (TPSA) is 76.5 Å². The SMILES string of the molecule is CC[CH2][Sn+2][CH](Cc1ccc2oc(Cc3nc(-c4ccccc4)oc3C)cc2c1)C(=O)O. The van der Waals surface area contributed by atoms with Crippen LogP contribution in [0, 0.1) is 6.92 Å². The van der Waals surface area contributed by atoms with E-state index in [-0.39, 0.29) is 3.93 Å². The predicted molar refractivity (Wildman–Crippen MR) is 122 cm³/mol. The van der Waals surface area contributed by atoms with Crippen molar-refractivity contribution in [2.24, 2.45) is 0 Å². The molecule has 6 heteroatoms. The molecule has 0 amide bonds. The number of furan rings is 1. The molecular formula is C25H25NO4Sn+2. The Bertz CT molecular complexity index is 1180. The minimum absolute atomic E-state index is 0.179. The molecule has 1 atom stereocenters. The molecule has 0 aliphatic heterocycles. The number of carboxylic acid groups (broad SMARTS) is 1. The van der Waals surface area contributed by atoms with Crippen molar-refractivity contribution in [2.45, 2.75) is 41.5 Å². The van der Waals surface area contributed by atoms with Gasteiger partial charge in [0.25, 0.3) is 0 Å². The van der Waals surface area contributed by atoms with E-state index in [2.05, 4.69) is 18.0 Å². The fourth-order valence-corrected chi connectivity index (χ4v) is 7.03. The summed E-state index contributed by atoms with van der Waals surface area (Å²) < 4.78 is 12.8. The monoisotopic (exact) mass is 523 g/mol. The quantitative estimate of drug-likeness (QED) is 0.276. The van der Waals surface area contributed by atoms with E-state index < -0.39 is 27.1 Å². The second-order valence-electron chi connectivity index (χ2n) is 7.70. The molecule has 0 radical (unpaired) electrons. The fraction of sp³-hybridized carbons (Fsp3) is 0.280. The summed E-state index contributed by atoms with van der Waals surface area (Å²) >= 11 is -0.914. The number of nitrogens with zero attached hydrogens (tertiary/aromatic N) is 1. The van der Waals surface area contributed by atoms with Crippen molar-refractivity contribution in [3.8, 4) is 11.5 Å². The van der Waals surface area contributed by atoms with Gasteiger partial charge in [-0.2, -0.15) is 0 Å². The number of oxazole rings is 1. The normalized spacial score (nSPS) is 12.1. The summed E-state index contributed by atoms with van der Waals surface area (Å²) in [7, 11) is 0. The Kier molecular flexibility index (Phi) is 6.80. The Balaban J connectivity index is 1.52. The number of aryl methyl sites for hydroxylation is 1. The molecule has 4 rings (SSSR count). The molecule has 4 aromatic rings. The molecule has 2 heterocycles. The first-order valence-corrected chi connectivity index (χ1v) is 14.2. The van der Waals surface area contributed by atoms with Gasteiger partial charge in [0, 0.05) is 0 Å². The molecule has 0 fully saturated rings. The van der Waals surface area contributed by atoms with Gasteiger partial charge in [0.1, 0.15) is 0 Å². The molecule has 0 saturated carbocycles. The van der Waals surface area contributed by atoms with E-state index in [1.165, 1.54) is 0 Å². The number of rotatable bonds is 9.